The fourth-order valence-corrected chi connectivity index (χ4v) is 4.49. The van der Waals surface area contributed by atoms with Crippen LogP contribution in [0.15, 0.2) is 28.9 Å². The Labute approximate surface area is 197 Å². The Bertz CT molecular complexity index is 1210. The molecule has 34 heavy (non-hydrogen) atoms. The third-order valence-corrected chi connectivity index (χ3v) is 6.45. The van der Waals surface area contributed by atoms with E-state index in [2.05, 4.69) is 15.2 Å². The lowest BCUT2D eigenvalue weighted by atomic mass is 9.96. The van der Waals surface area contributed by atoms with E-state index in [9.17, 15) is 9.59 Å². The van der Waals surface area contributed by atoms with Crippen molar-refractivity contribution >= 4 is 22.9 Å². The Morgan fingerprint density at radius 3 is 2.53 bits per heavy atom. The maximum atomic E-state index is 12.3. The van der Waals surface area contributed by atoms with Crippen LogP contribution in [-0.4, -0.2) is 73.5 Å². The first-order valence-corrected chi connectivity index (χ1v) is 11.7. The minimum Gasteiger partial charge on any atom is -0.444 e. The molecule has 0 N–H and O–H groups in total. The predicted octanol–water partition coefficient (Wildman–Crippen LogP) is 3.60. The zero-order chi connectivity index (χ0) is 24.0. The molecule has 10 nitrogen and oxygen atoms in total. The van der Waals surface area contributed by atoms with Crippen molar-refractivity contribution in [2.24, 2.45) is 0 Å². The number of aromatic nitrogens is 4. The third-order valence-electron chi connectivity index (χ3n) is 6.45. The average molecular weight is 467 g/mol. The van der Waals surface area contributed by atoms with Gasteiger partial charge in [-0.25, -0.2) is 4.79 Å². The summed E-state index contributed by atoms with van der Waals surface area (Å²) in [4.78, 5) is 32.1. The number of likely N-dealkylation sites (tertiary alicyclic amines) is 2. The van der Waals surface area contributed by atoms with Crippen molar-refractivity contribution < 1.29 is 18.8 Å². The molecule has 0 atom stereocenters. The maximum Gasteiger partial charge on any atom is 0.410 e. The normalized spacial score (nSPS) is 17.8. The highest BCUT2D eigenvalue weighted by Gasteiger charge is 2.32. The summed E-state index contributed by atoms with van der Waals surface area (Å²) in [6.07, 6.45) is 3.09. The molecule has 0 bridgehead atoms. The Balaban J connectivity index is 1.27. The molecule has 0 radical (unpaired) electrons. The molecule has 0 spiro atoms. The lowest BCUT2D eigenvalue weighted by Crippen LogP contribution is -2.50. The minimum absolute atomic E-state index is 0.0868. The summed E-state index contributed by atoms with van der Waals surface area (Å²) in [5.41, 5.74) is 1.32. The average Bonchev–Trinajstić information content (AvgIpc) is 3.39. The molecule has 0 unspecified atom stereocenters. The zero-order valence-electron chi connectivity index (χ0n) is 20.0. The number of rotatable bonds is 3. The third kappa shape index (κ3) is 4.36. The van der Waals surface area contributed by atoms with Crippen LogP contribution in [0.3, 0.4) is 0 Å². The van der Waals surface area contributed by atoms with Crippen LogP contribution in [0.25, 0.3) is 22.4 Å². The Morgan fingerprint density at radius 2 is 1.85 bits per heavy atom. The summed E-state index contributed by atoms with van der Waals surface area (Å²) in [7, 11) is 0. The van der Waals surface area contributed by atoms with E-state index < -0.39 is 5.60 Å². The Hall–Kier alpha value is -3.43. The molecule has 0 saturated carbocycles. The van der Waals surface area contributed by atoms with Gasteiger partial charge in [0.2, 0.25) is 5.91 Å². The van der Waals surface area contributed by atoms with Gasteiger partial charge in [0, 0.05) is 50.0 Å². The molecular formula is C24H30N6O4. The Kier molecular flexibility index (Phi) is 5.53. The van der Waals surface area contributed by atoms with Crippen molar-refractivity contribution in [1.82, 2.24) is 29.7 Å². The SMILES string of the molecule is CC(=O)N1CC(n2ncc3ccc(-c4nc(C5CCN(C(=O)OC(C)(C)C)CC5)no4)cc32)C1. The second kappa shape index (κ2) is 8.41. The summed E-state index contributed by atoms with van der Waals surface area (Å²) in [5.74, 6) is 1.36. The molecule has 2 amide bonds. The van der Waals surface area contributed by atoms with E-state index in [0.29, 0.717) is 37.9 Å². The molecule has 2 aliphatic rings. The monoisotopic (exact) mass is 466 g/mol. The molecule has 3 aromatic rings. The van der Waals surface area contributed by atoms with Gasteiger partial charge in [-0.1, -0.05) is 11.2 Å². The minimum atomic E-state index is -0.502. The van der Waals surface area contributed by atoms with Crippen LogP contribution in [0.1, 0.15) is 58.3 Å². The standard InChI is InChI=1S/C24H30N6O4/c1-15(31)29-13-19(14-29)30-20-11-17(5-6-18(20)12-25-30)22-26-21(27-34-22)16-7-9-28(10-8-16)23(32)33-24(2,3)4/h5-6,11-12,16,19H,7-10,13-14H2,1-4H3. The summed E-state index contributed by atoms with van der Waals surface area (Å²) in [5, 5.41) is 9.80. The number of nitrogens with zero attached hydrogens (tertiary/aromatic N) is 6. The first-order valence-electron chi connectivity index (χ1n) is 11.7. The summed E-state index contributed by atoms with van der Waals surface area (Å²) >= 11 is 0. The topological polar surface area (TPSA) is 107 Å². The van der Waals surface area contributed by atoms with Crippen LogP contribution in [0.4, 0.5) is 4.79 Å². The fourth-order valence-electron chi connectivity index (χ4n) is 4.49. The predicted molar refractivity (Wildman–Crippen MR) is 124 cm³/mol. The number of piperidine rings is 1. The first kappa shape index (κ1) is 22.4. The van der Waals surface area contributed by atoms with E-state index in [4.69, 9.17) is 9.26 Å². The summed E-state index contributed by atoms with van der Waals surface area (Å²) in [6, 6.07) is 6.14. The molecule has 2 fully saturated rings. The van der Waals surface area contributed by atoms with Crippen LogP contribution in [-0.2, 0) is 9.53 Å². The molecule has 2 aromatic heterocycles. The quantitative estimate of drug-likeness (QED) is 0.580. The number of fused-ring (bicyclic) bond motifs is 1. The second-order valence-corrected chi connectivity index (χ2v) is 10.1. The maximum absolute atomic E-state index is 12.3. The van der Waals surface area contributed by atoms with Gasteiger partial charge >= 0.3 is 6.09 Å². The lowest BCUT2D eigenvalue weighted by molar-refractivity contribution is -0.134. The van der Waals surface area contributed by atoms with Gasteiger partial charge < -0.3 is 19.1 Å². The fraction of sp³-hybridized carbons (Fsp3) is 0.542. The van der Waals surface area contributed by atoms with Crippen molar-refractivity contribution in [1.29, 1.82) is 0 Å². The van der Waals surface area contributed by atoms with Gasteiger partial charge in [0.15, 0.2) is 5.82 Å². The lowest BCUT2D eigenvalue weighted by Gasteiger charge is -2.38. The van der Waals surface area contributed by atoms with Crippen molar-refractivity contribution in [3.8, 4) is 11.5 Å². The number of ether oxygens (including phenoxy) is 1. The molecule has 5 rings (SSSR count). The summed E-state index contributed by atoms with van der Waals surface area (Å²) in [6.45, 7) is 9.75. The molecule has 10 heteroatoms. The molecule has 2 aliphatic heterocycles. The van der Waals surface area contributed by atoms with Crippen LogP contribution < -0.4 is 0 Å². The molecule has 2 saturated heterocycles. The smallest absolute Gasteiger partial charge is 0.410 e. The van der Waals surface area contributed by atoms with E-state index in [1.165, 1.54) is 0 Å². The molecule has 180 valence electrons. The van der Waals surface area contributed by atoms with Crippen LogP contribution in [0, 0.1) is 0 Å². The van der Waals surface area contributed by atoms with Gasteiger partial charge in [-0.05, 0) is 45.7 Å². The van der Waals surface area contributed by atoms with E-state index >= 15 is 0 Å². The number of carbonyl (C=O) groups excluding carboxylic acids is 2. The second-order valence-electron chi connectivity index (χ2n) is 10.1. The van der Waals surface area contributed by atoms with Gasteiger partial charge in [-0.15, -0.1) is 0 Å². The highest BCUT2D eigenvalue weighted by atomic mass is 16.6. The highest BCUT2D eigenvalue weighted by molar-refractivity contribution is 5.83. The highest BCUT2D eigenvalue weighted by Crippen LogP contribution is 2.31. The van der Waals surface area contributed by atoms with Gasteiger partial charge in [0.05, 0.1) is 17.8 Å². The van der Waals surface area contributed by atoms with E-state index in [1.807, 2.05) is 49.8 Å². The molecular weight excluding hydrogens is 436 g/mol. The van der Waals surface area contributed by atoms with E-state index in [0.717, 1.165) is 29.3 Å². The van der Waals surface area contributed by atoms with Crippen molar-refractivity contribution in [2.75, 3.05) is 26.2 Å². The number of carbonyl (C=O) groups is 2. The zero-order valence-corrected chi connectivity index (χ0v) is 20.0. The van der Waals surface area contributed by atoms with Gasteiger partial charge in [-0.2, -0.15) is 10.1 Å². The van der Waals surface area contributed by atoms with Crippen molar-refractivity contribution in [3.63, 3.8) is 0 Å². The first-order chi connectivity index (χ1) is 16.2. The molecule has 1 aromatic carbocycles. The number of benzene rings is 1. The van der Waals surface area contributed by atoms with E-state index in [1.54, 1.807) is 16.7 Å². The number of hydrogen-bond donors (Lipinski definition) is 0. The number of hydrogen-bond acceptors (Lipinski definition) is 7. The van der Waals surface area contributed by atoms with Crippen molar-refractivity contribution in [2.45, 2.75) is 58.1 Å². The Morgan fingerprint density at radius 1 is 1.12 bits per heavy atom. The van der Waals surface area contributed by atoms with Crippen molar-refractivity contribution in [3.05, 3.63) is 30.2 Å². The van der Waals surface area contributed by atoms with Gasteiger partial charge in [-0.3, -0.25) is 9.48 Å². The van der Waals surface area contributed by atoms with E-state index in [-0.39, 0.29) is 24.0 Å². The van der Waals surface area contributed by atoms with Crippen LogP contribution in [0.5, 0.6) is 0 Å². The molecule has 4 heterocycles. The van der Waals surface area contributed by atoms with Gasteiger partial charge in [0.25, 0.3) is 5.89 Å². The van der Waals surface area contributed by atoms with Crippen LogP contribution in [0.2, 0.25) is 0 Å². The largest absolute Gasteiger partial charge is 0.444 e. The van der Waals surface area contributed by atoms with Gasteiger partial charge in [0.1, 0.15) is 5.60 Å². The summed E-state index contributed by atoms with van der Waals surface area (Å²) < 4.78 is 13.1. The molecule has 0 aliphatic carbocycles. The number of amides is 2. The van der Waals surface area contributed by atoms with Crippen LogP contribution >= 0.6 is 0 Å².